The van der Waals surface area contributed by atoms with E-state index >= 15 is 0 Å². The summed E-state index contributed by atoms with van der Waals surface area (Å²) in [5.41, 5.74) is 5.35. The number of nitrogens with two attached hydrogens (primary N) is 1. The molecule has 1 saturated heterocycles. The van der Waals surface area contributed by atoms with Crippen LogP contribution in [-0.2, 0) is 19.1 Å². The minimum absolute atomic E-state index is 0.112. The van der Waals surface area contributed by atoms with Gasteiger partial charge in [0.1, 0.15) is 6.61 Å². The van der Waals surface area contributed by atoms with E-state index in [1.165, 1.54) is 23.1 Å². The van der Waals surface area contributed by atoms with Crippen molar-refractivity contribution in [3.8, 4) is 0 Å². The van der Waals surface area contributed by atoms with Crippen molar-refractivity contribution in [2.45, 2.75) is 45.6 Å². The van der Waals surface area contributed by atoms with Gasteiger partial charge in [-0.15, -0.1) is 0 Å². The highest BCUT2D eigenvalue weighted by atomic mass is 19.3. The number of hydrogen-bond donors (Lipinski definition) is 2. The lowest BCUT2D eigenvalue weighted by molar-refractivity contribution is -0.133. The van der Waals surface area contributed by atoms with E-state index in [1.807, 2.05) is 13.8 Å². The molecular formula is C23H32F2N4O4. The Kier molecular flexibility index (Phi) is 8.36. The van der Waals surface area contributed by atoms with Crippen molar-refractivity contribution < 1.29 is 27.9 Å². The minimum atomic E-state index is -2.90. The molecule has 182 valence electrons. The summed E-state index contributed by atoms with van der Waals surface area (Å²) < 4.78 is 32.8. The van der Waals surface area contributed by atoms with Gasteiger partial charge in [-0.1, -0.05) is 20.3 Å². The first-order valence-electron chi connectivity index (χ1n) is 11.3. The number of nitrogens with zero attached hydrogens (tertiary/aromatic N) is 2. The first-order valence-corrected chi connectivity index (χ1v) is 11.3. The Morgan fingerprint density at radius 1 is 1.30 bits per heavy atom. The fraction of sp³-hybridized carbons (Fsp3) is 0.609. The van der Waals surface area contributed by atoms with Gasteiger partial charge in [-0.2, -0.15) is 0 Å². The standard InChI is InChI=1S/C23H32F2N4O4/c1-14(2)11-28(12-15-4-3-5-15)20(22(26)31)23(32)27-18-7-6-16(10-17(18)21(24)25)29-8-9-33-13-19(29)30/h6-7,10,14-15,20-21H,3-5,8-9,11-13H2,1-2H3,(H2,26,31)(H,27,32)/t20-/m0/s1. The summed E-state index contributed by atoms with van der Waals surface area (Å²) >= 11 is 0. The summed E-state index contributed by atoms with van der Waals surface area (Å²) in [6, 6.07) is 2.74. The Bertz CT molecular complexity index is 876. The quantitative estimate of drug-likeness (QED) is 0.516. The van der Waals surface area contributed by atoms with Crippen molar-refractivity contribution in [2.24, 2.45) is 17.6 Å². The Balaban J connectivity index is 1.83. The van der Waals surface area contributed by atoms with Gasteiger partial charge in [0.15, 0.2) is 6.04 Å². The molecule has 0 aromatic heterocycles. The molecule has 3 rings (SSSR count). The van der Waals surface area contributed by atoms with Crippen molar-refractivity contribution in [3.05, 3.63) is 23.8 Å². The monoisotopic (exact) mass is 466 g/mol. The molecule has 3 N–H and O–H groups in total. The van der Waals surface area contributed by atoms with Crippen LogP contribution < -0.4 is 16.0 Å². The first-order chi connectivity index (χ1) is 15.7. The molecule has 8 nitrogen and oxygen atoms in total. The van der Waals surface area contributed by atoms with Crippen LogP contribution in [0.5, 0.6) is 0 Å². The van der Waals surface area contributed by atoms with E-state index in [2.05, 4.69) is 5.32 Å². The molecule has 1 aromatic rings. The average Bonchev–Trinajstić information content (AvgIpc) is 2.70. The summed E-state index contributed by atoms with van der Waals surface area (Å²) in [5.74, 6) is -1.31. The van der Waals surface area contributed by atoms with Crippen molar-refractivity contribution >= 4 is 29.1 Å². The SMILES string of the molecule is CC(C)CN(CC1CCC1)[C@@H](C(N)=O)C(=O)Nc1ccc(N2CCOCC2=O)cc1C(F)F. The molecule has 2 fully saturated rings. The molecule has 0 radical (unpaired) electrons. The van der Waals surface area contributed by atoms with Crippen LogP contribution in [0.25, 0.3) is 0 Å². The molecular weight excluding hydrogens is 434 g/mol. The third kappa shape index (κ3) is 6.26. The van der Waals surface area contributed by atoms with Crippen LogP contribution in [-0.4, -0.2) is 61.5 Å². The van der Waals surface area contributed by atoms with E-state index in [1.54, 1.807) is 4.90 Å². The fourth-order valence-electron chi connectivity index (χ4n) is 4.24. The van der Waals surface area contributed by atoms with E-state index in [-0.39, 0.29) is 30.7 Å². The van der Waals surface area contributed by atoms with Crippen LogP contribution in [0.4, 0.5) is 20.2 Å². The number of halogens is 2. The van der Waals surface area contributed by atoms with Crippen LogP contribution in [0, 0.1) is 11.8 Å². The largest absolute Gasteiger partial charge is 0.370 e. The van der Waals surface area contributed by atoms with Gasteiger partial charge < -0.3 is 20.7 Å². The summed E-state index contributed by atoms with van der Waals surface area (Å²) in [7, 11) is 0. The van der Waals surface area contributed by atoms with Crippen LogP contribution in [0.15, 0.2) is 18.2 Å². The van der Waals surface area contributed by atoms with Crippen molar-refractivity contribution in [1.82, 2.24) is 4.90 Å². The van der Waals surface area contributed by atoms with Gasteiger partial charge in [-0.3, -0.25) is 19.3 Å². The highest BCUT2D eigenvalue weighted by Crippen LogP contribution is 2.32. The Hall–Kier alpha value is -2.59. The van der Waals surface area contributed by atoms with Gasteiger partial charge in [0.25, 0.3) is 18.2 Å². The second-order valence-corrected chi connectivity index (χ2v) is 9.11. The predicted molar refractivity (Wildman–Crippen MR) is 120 cm³/mol. The number of rotatable bonds is 10. The van der Waals surface area contributed by atoms with Crippen molar-refractivity contribution in [3.63, 3.8) is 0 Å². The third-order valence-electron chi connectivity index (χ3n) is 6.03. The molecule has 1 aliphatic carbocycles. The van der Waals surface area contributed by atoms with Gasteiger partial charge in [0.2, 0.25) is 5.91 Å². The zero-order chi connectivity index (χ0) is 24.1. The maximum absolute atomic E-state index is 13.9. The molecule has 3 amide bonds. The summed E-state index contributed by atoms with van der Waals surface area (Å²) in [6.45, 7) is 5.43. The molecule has 2 aliphatic rings. The second-order valence-electron chi connectivity index (χ2n) is 9.11. The molecule has 0 unspecified atom stereocenters. The third-order valence-corrected chi connectivity index (χ3v) is 6.03. The van der Waals surface area contributed by atoms with Crippen molar-refractivity contribution in [2.75, 3.05) is 43.1 Å². The predicted octanol–water partition coefficient (Wildman–Crippen LogP) is 2.54. The van der Waals surface area contributed by atoms with Crippen LogP contribution in [0.2, 0.25) is 0 Å². The molecule has 33 heavy (non-hydrogen) atoms. The second kappa shape index (κ2) is 11.0. The van der Waals surface area contributed by atoms with E-state index < -0.39 is 29.8 Å². The molecule has 1 heterocycles. The average molecular weight is 467 g/mol. The molecule has 0 bridgehead atoms. The number of ether oxygens (including phenoxy) is 1. The van der Waals surface area contributed by atoms with Crippen LogP contribution >= 0.6 is 0 Å². The number of morpholine rings is 1. The van der Waals surface area contributed by atoms with Gasteiger partial charge >= 0.3 is 0 Å². The highest BCUT2D eigenvalue weighted by Gasteiger charge is 2.35. The summed E-state index contributed by atoms with van der Waals surface area (Å²) in [4.78, 5) is 40.6. The maximum Gasteiger partial charge on any atom is 0.265 e. The molecule has 1 saturated carbocycles. The van der Waals surface area contributed by atoms with E-state index in [4.69, 9.17) is 10.5 Å². The number of nitrogens with one attached hydrogen (secondary N) is 1. The summed E-state index contributed by atoms with van der Waals surface area (Å²) in [5, 5.41) is 2.49. The van der Waals surface area contributed by atoms with Crippen LogP contribution in [0.3, 0.4) is 0 Å². The van der Waals surface area contributed by atoms with E-state index in [0.717, 1.165) is 19.3 Å². The number of benzene rings is 1. The van der Waals surface area contributed by atoms with Crippen molar-refractivity contribution in [1.29, 1.82) is 0 Å². The minimum Gasteiger partial charge on any atom is -0.370 e. The lowest BCUT2D eigenvalue weighted by atomic mass is 9.84. The maximum atomic E-state index is 13.9. The van der Waals surface area contributed by atoms with Gasteiger partial charge in [0.05, 0.1) is 6.61 Å². The van der Waals surface area contributed by atoms with Gasteiger partial charge in [-0.25, -0.2) is 8.78 Å². The Morgan fingerprint density at radius 2 is 2.03 bits per heavy atom. The molecule has 10 heteroatoms. The smallest absolute Gasteiger partial charge is 0.265 e. The van der Waals surface area contributed by atoms with E-state index in [0.29, 0.717) is 31.3 Å². The van der Waals surface area contributed by atoms with Crippen LogP contribution in [0.1, 0.15) is 45.1 Å². The zero-order valence-electron chi connectivity index (χ0n) is 19.1. The highest BCUT2D eigenvalue weighted by molar-refractivity contribution is 6.10. The normalized spacial score (nSPS) is 18.0. The number of primary amides is 1. The number of anilines is 2. The Morgan fingerprint density at radius 3 is 2.58 bits per heavy atom. The van der Waals surface area contributed by atoms with E-state index in [9.17, 15) is 23.2 Å². The summed E-state index contributed by atoms with van der Waals surface area (Å²) in [6.07, 6.45) is 0.270. The Labute approximate surface area is 192 Å². The molecule has 1 atom stereocenters. The molecule has 1 aromatic carbocycles. The molecule has 0 spiro atoms. The number of carbonyl (C=O) groups excluding carboxylic acids is 3. The first kappa shape index (κ1) is 25.0. The lowest BCUT2D eigenvalue weighted by Gasteiger charge is -2.36. The van der Waals surface area contributed by atoms with Gasteiger partial charge in [-0.05, 0) is 42.9 Å². The molecule has 1 aliphatic heterocycles. The zero-order valence-corrected chi connectivity index (χ0v) is 19.1. The lowest BCUT2D eigenvalue weighted by Crippen LogP contribution is -2.54. The number of amides is 3. The van der Waals surface area contributed by atoms with Gasteiger partial charge in [0, 0.05) is 36.6 Å². The number of alkyl halides is 2. The number of carbonyl (C=O) groups is 3. The fourth-order valence-corrected chi connectivity index (χ4v) is 4.24. The number of hydrogen-bond acceptors (Lipinski definition) is 5. The topological polar surface area (TPSA) is 105 Å².